The topological polar surface area (TPSA) is 48.6 Å². The van der Waals surface area contributed by atoms with Crippen molar-refractivity contribution in [3.05, 3.63) is 84.7 Å². The minimum atomic E-state index is -0.400. The molecule has 0 N–H and O–H groups in total. The zero-order valence-corrected chi connectivity index (χ0v) is 17.3. The molecule has 0 spiro atoms. The molecule has 1 aromatic heterocycles. The zero-order chi connectivity index (χ0) is 21.0. The molecule has 0 atom stereocenters. The Labute approximate surface area is 177 Å². The van der Waals surface area contributed by atoms with E-state index in [4.69, 9.17) is 14.2 Å². The predicted molar refractivity (Wildman–Crippen MR) is 115 cm³/mol. The molecule has 0 unspecified atom stereocenters. The molecule has 156 valence electrons. The summed E-state index contributed by atoms with van der Waals surface area (Å²) in [5.41, 5.74) is 0.483. The second-order valence-electron chi connectivity index (χ2n) is 6.97. The van der Waals surface area contributed by atoms with Gasteiger partial charge >= 0.3 is 5.97 Å². The van der Waals surface area contributed by atoms with Gasteiger partial charge in [0.15, 0.2) is 12.4 Å². The molecule has 0 saturated carbocycles. The van der Waals surface area contributed by atoms with Crippen molar-refractivity contribution in [3.63, 3.8) is 0 Å². The molecule has 3 aromatic rings. The normalized spacial score (nSPS) is 10.4. The summed E-state index contributed by atoms with van der Waals surface area (Å²) in [6.45, 7) is 1.73. The number of methoxy groups -OCH3 is 1. The fraction of sp³-hybridized carbons (Fsp3) is 0.280. The van der Waals surface area contributed by atoms with Crippen LogP contribution in [0.3, 0.4) is 0 Å². The second-order valence-corrected chi connectivity index (χ2v) is 6.97. The quantitative estimate of drug-likeness (QED) is 0.198. The van der Waals surface area contributed by atoms with Crippen LogP contribution in [-0.2, 0) is 6.54 Å². The monoisotopic (exact) mass is 406 g/mol. The number of hydrogen-bond acceptors (Lipinski definition) is 4. The van der Waals surface area contributed by atoms with Crippen LogP contribution in [0.2, 0.25) is 0 Å². The Morgan fingerprint density at radius 2 is 1.40 bits per heavy atom. The Morgan fingerprint density at radius 1 is 0.767 bits per heavy atom. The molecular formula is C25H28NO4+. The Kier molecular flexibility index (Phi) is 8.27. The van der Waals surface area contributed by atoms with Crippen LogP contribution in [0.1, 0.15) is 36.0 Å². The molecule has 5 nitrogen and oxygen atoms in total. The first-order valence-electron chi connectivity index (χ1n) is 10.3. The summed E-state index contributed by atoms with van der Waals surface area (Å²) in [6.07, 6.45) is 8.70. The SMILES string of the molecule is COc1ccc(OC(=O)c2ccc(OCCCCCC[n+]3ccccc3)cc2)cc1. The van der Waals surface area contributed by atoms with Crippen molar-refractivity contribution in [3.8, 4) is 17.2 Å². The molecule has 0 saturated heterocycles. The van der Waals surface area contributed by atoms with Crippen LogP contribution < -0.4 is 18.8 Å². The number of hydrogen-bond donors (Lipinski definition) is 0. The van der Waals surface area contributed by atoms with Gasteiger partial charge in [-0.3, -0.25) is 0 Å². The lowest BCUT2D eigenvalue weighted by atomic mass is 10.2. The van der Waals surface area contributed by atoms with E-state index < -0.39 is 5.97 Å². The molecule has 0 aliphatic carbocycles. The van der Waals surface area contributed by atoms with Crippen LogP contribution in [0.15, 0.2) is 79.1 Å². The second kappa shape index (κ2) is 11.6. The highest BCUT2D eigenvalue weighted by Gasteiger charge is 2.09. The Hall–Kier alpha value is -3.34. The number of carbonyl (C=O) groups excluding carboxylic acids is 1. The van der Waals surface area contributed by atoms with Crippen LogP contribution in [-0.4, -0.2) is 19.7 Å². The number of ether oxygens (including phenoxy) is 3. The van der Waals surface area contributed by atoms with Crippen LogP contribution in [0.5, 0.6) is 17.2 Å². The van der Waals surface area contributed by atoms with E-state index in [9.17, 15) is 4.79 Å². The molecule has 1 heterocycles. The van der Waals surface area contributed by atoms with Gasteiger partial charge in [-0.05, 0) is 67.8 Å². The van der Waals surface area contributed by atoms with Gasteiger partial charge in [0.25, 0.3) is 0 Å². The first-order chi connectivity index (χ1) is 14.7. The molecular weight excluding hydrogens is 378 g/mol. The fourth-order valence-corrected chi connectivity index (χ4v) is 3.02. The average molecular weight is 407 g/mol. The molecule has 0 aliphatic heterocycles. The third-order valence-corrected chi connectivity index (χ3v) is 4.72. The van der Waals surface area contributed by atoms with Crippen molar-refractivity contribution in [2.24, 2.45) is 0 Å². The lowest BCUT2D eigenvalue weighted by molar-refractivity contribution is -0.697. The van der Waals surface area contributed by atoms with Gasteiger partial charge in [0.1, 0.15) is 23.8 Å². The molecule has 2 aromatic carbocycles. The average Bonchev–Trinajstić information content (AvgIpc) is 2.80. The standard InChI is InChI=1S/C25H28NO4/c1-28-22-13-15-24(16-14-22)30-25(27)21-9-11-23(12-10-21)29-20-8-3-2-5-17-26-18-6-4-7-19-26/h4,6-7,9-16,18-19H,2-3,5,8,17,20H2,1H3/q+1. The smallest absolute Gasteiger partial charge is 0.343 e. The summed E-state index contributed by atoms with van der Waals surface area (Å²) >= 11 is 0. The summed E-state index contributed by atoms with van der Waals surface area (Å²) in [6, 6.07) is 20.1. The molecule has 30 heavy (non-hydrogen) atoms. The van der Waals surface area contributed by atoms with Gasteiger partial charge in [0.05, 0.1) is 19.3 Å². The van der Waals surface area contributed by atoms with Crippen LogP contribution in [0.4, 0.5) is 0 Å². The summed E-state index contributed by atoms with van der Waals surface area (Å²) in [4.78, 5) is 12.2. The van der Waals surface area contributed by atoms with Gasteiger partial charge in [0, 0.05) is 18.6 Å². The number of carbonyl (C=O) groups is 1. The maximum atomic E-state index is 12.2. The summed E-state index contributed by atoms with van der Waals surface area (Å²) < 4.78 is 18.4. The van der Waals surface area contributed by atoms with Gasteiger partial charge in [-0.25, -0.2) is 9.36 Å². The minimum Gasteiger partial charge on any atom is -0.497 e. The maximum Gasteiger partial charge on any atom is 0.343 e. The molecule has 5 heteroatoms. The highest BCUT2D eigenvalue weighted by molar-refractivity contribution is 5.91. The van der Waals surface area contributed by atoms with Gasteiger partial charge < -0.3 is 14.2 Å². The van der Waals surface area contributed by atoms with Gasteiger partial charge in [-0.2, -0.15) is 0 Å². The third kappa shape index (κ3) is 6.92. The zero-order valence-electron chi connectivity index (χ0n) is 17.3. The van der Waals surface area contributed by atoms with Crippen molar-refractivity contribution < 1.29 is 23.6 Å². The Morgan fingerprint density at radius 3 is 2.10 bits per heavy atom. The third-order valence-electron chi connectivity index (χ3n) is 4.72. The minimum absolute atomic E-state index is 0.400. The van der Waals surface area contributed by atoms with E-state index in [-0.39, 0.29) is 0 Å². The van der Waals surface area contributed by atoms with E-state index in [1.165, 1.54) is 12.8 Å². The highest BCUT2D eigenvalue weighted by atomic mass is 16.5. The van der Waals surface area contributed by atoms with Gasteiger partial charge in [-0.15, -0.1) is 0 Å². The van der Waals surface area contributed by atoms with E-state index in [0.717, 1.165) is 25.1 Å². The van der Waals surface area contributed by atoms with Crippen molar-refractivity contribution in [2.45, 2.75) is 32.2 Å². The van der Waals surface area contributed by atoms with Crippen molar-refractivity contribution in [2.75, 3.05) is 13.7 Å². The predicted octanol–water partition coefficient (Wildman–Crippen LogP) is 4.84. The summed E-state index contributed by atoms with van der Waals surface area (Å²) in [7, 11) is 1.59. The lowest BCUT2D eigenvalue weighted by Gasteiger charge is -2.08. The van der Waals surface area contributed by atoms with Gasteiger partial charge in [-0.1, -0.05) is 6.07 Å². The molecule has 0 aliphatic rings. The molecule has 0 bridgehead atoms. The van der Waals surface area contributed by atoms with Crippen molar-refractivity contribution >= 4 is 5.97 Å². The number of esters is 1. The van der Waals surface area contributed by atoms with E-state index in [1.807, 2.05) is 6.07 Å². The number of unbranched alkanes of at least 4 members (excludes halogenated alkanes) is 3. The van der Waals surface area contributed by atoms with Crippen molar-refractivity contribution in [1.29, 1.82) is 0 Å². The number of nitrogens with zero attached hydrogens (tertiary/aromatic N) is 1. The first kappa shape index (κ1) is 21.4. The van der Waals surface area contributed by atoms with E-state index >= 15 is 0 Å². The number of benzene rings is 2. The molecule has 0 fully saturated rings. The van der Waals surface area contributed by atoms with E-state index in [0.29, 0.717) is 23.7 Å². The Bertz CT molecular complexity index is 893. The van der Waals surface area contributed by atoms with Crippen LogP contribution >= 0.6 is 0 Å². The van der Waals surface area contributed by atoms with E-state index in [1.54, 1.807) is 55.6 Å². The van der Waals surface area contributed by atoms with Gasteiger partial charge in [0.2, 0.25) is 0 Å². The maximum absolute atomic E-state index is 12.2. The molecule has 0 amide bonds. The van der Waals surface area contributed by atoms with Crippen LogP contribution in [0.25, 0.3) is 0 Å². The molecule has 0 radical (unpaired) electrons. The number of aryl methyl sites for hydroxylation is 1. The van der Waals surface area contributed by atoms with E-state index in [2.05, 4.69) is 29.1 Å². The number of aromatic nitrogens is 1. The highest BCUT2D eigenvalue weighted by Crippen LogP contribution is 2.19. The fourth-order valence-electron chi connectivity index (χ4n) is 3.02. The Balaban J connectivity index is 1.33. The largest absolute Gasteiger partial charge is 0.497 e. The number of rotatable bonds is 11. The molecule has 3 rings (SSSR count). The lowest BCUT2D eigenvalue weighted by Crippen LogP contribution is -2.32. The first-order valence-corrected chi connectivity index (χ1v) is 10.3. The number of pyridine rings is 1. The summed E-state index contributed by atoms with van der Waals surface area (Å²) in [5, 5.41) is 0. The summed E-state index contributed by atoms with van der Waals surface area (Å²) in [5.74, 6) is 1.55. The van der Waals surface area contributed by atoms with Crippen LogP contribution in [0, 0.1) is 0 Å². The van der Waals surface area contributed by atoms with Crippen molar-refractivity contribution in [1.82, 2.24) is 0 Å².